The molecule has 0 spiro atoms. The predicted molar refractivity (Wildman–Crippen MR) is 150 cm³/mol. The van der Waals surface area contributed by atoms with Crippen LogP contribution in [-0.2, 0) is 0 Å². The Morgan fingerprint density at radius 1 is 0.618 bits per heavy atom. The van der Waals surface area contributed by atoms with Crippen molar-refractivity contribution in [3.05, 3.63) is 48.7 Å². The minimum Gasteiger partial charge on any atom is -0.373 e. The Hall–Kier alpha value is -2.04. The van der Waals surface area contributed by atoms with E-state index in [1.807, 2.05) is 0 Å². The summed E-state index contributed by atoms with van der Waals surface area (Å²) in [6.07, 6.45) is 27.5. The Bertz CT molecular complexity index is 610. The first kappa shape index (κ1) is 30.0. The Morgan fingerprint density at radius 2 is 1.21 bits per heavy atom. The molecule has 0 bridgehead atoms. The number of unbranched alkanes of at least 4 members (excludes halogenated alkanes) is 7. The average molecular weight is 474 g/mol. The van der Waals surface area contributed by atoms with E-state index in [0.29, 0.717) is 0 Å². The van der Waals surface area contributed by atoms with Crippen molar-refractivity contribution in [3.8, 4) is 0 Å². The monoisotopic (exact) mass is 473 g/mol. The zero-order valence-corrected chi connectivity index (χ0v) is 23.4. The molecule has 3 aliphatic heterocycles. The van der Waals surface area contributed by atoms with Crippen LogP contribution >= 0.6 is 0 Å². The van der Waals surface area contributed by atoms with Crippen LogP contribution in [0.2, 0.25) is 0 Å². The van der Waals surface area contributed by atoms with Crippen molar-refractivity contribution in [1.29, 1.82) is 0 Å². The predicted octanol–water partition coefficient (Wildman–Crippen LogP) is 6.66. The van der Waals surface area contributed by atoms with E-state index < -0.39 is 0 Å². The molecule has 0 saturated heterocycles. The average Bonchev–Trinajstić information content (AvgIpc) is 3.44. The van der Waals surface area contributed by atoms with Crippen LogP contribution in [0.5, 0.6) is 0 Å². The van der Waals surface area contributed by atoms with Crippen LogP contribution in [0, 0.1) is 0 Å². The summed E-state index contributed by atoms with van der Waals surface area (Å²) in [6, 6.07) is 0. The zero-order valence-electron chi connectivity index (χ0n) is 23.4. The van der Waals surface area contributed by atoms with E-state index in [1.165, 1.54) is 76.5 Å². The highest BCUT2D eigenvalue weighted by Gasteiger charge is 2.06. The maximum Gasteiger partial charge on any atom is 0.0890 e. The van der Waals surface area contributed by atoms with Gasteiger partial charge in [0, 0.05) is 65.1 Å². The first-order valence-electron chi connectivity index (χ1n) is 13.8. The minimum absolute atomic E-state index is 1.05. The van der Waals surface area contributed by atoms with E-state index in [0.717, 1.165) is 26.4 Å². The van der Waals surface area contributed by atoms with Crippen molar-refractivity contribution in [2.24, 2.45) is 0 Å². The van der Waals surface area contributed by atoms with E-state index in [9.17, 15) is 0 Å². The highest BCUT2D eigenvalue weighted by atomic mass is 15.3. The normalized spacial score (nSPS) is 16.5. The van der Waals surface area contributed by atoms with Crippen molar-refractivity contribution >= 4 is 0 Å². The smallest absolute Gasteiger partial charge is 0.0890 e. The molecule has 0 unspecified atom stereocenters. The lowest BCUT2D eigenvalue weighted by molar-refractivity contribution is 0.290. The molecule has 0 radical (unpaired) electrons. The standard InChI is InChI=1S/C14H28N2.C9H15N.C6H12N2/c1-3-4-5-6-7-8-9-10-11-16-13-12-15(2)14-16;1-3-6-10-7-4-5-9(2)8-10;1-3-8-5-4-7(2)6-8/h12-13H,3-11,14H2,1-2H3;4-5,7H,3,6,8H2,1-2H3;4-5H,3,6H2,1-2H3. The van der Waals surface area contributed by atoms with Gasteiger partial charge in [-0.15, -0.1) is 0 Å². The molecule has 0 fully saturated rings. The largest absolute Gasteiger partial charge is 0.373 e. The molecule has 3 heterocycles. The fourth-order valence-electron chi connectivity index (χ4n) is 4.17. The molecule has 0 saturated carbocycles. The van der Waals surface area contributed by atoms with Gasteiger partial charge in [-0.25, -0.2) is 0 Å². The molecular weight excluding hydrogens is 418 g/mol. The van der Waals surface area contributed by atoms with Crippen LogP contribution < -0.4 is 0 Å². The lowest BCUT2D eigenvalue weighted by Crippen LogP contribution is -2.23. The Morgan fingerprint density at radius 3 is 1.68 bits per heavy atom. The lowest BCUT2D eigenvalue weighted by Gasteiger charge is -2.22. The highest BCUT2D eigenvalue weighted by molar-refractivity contribution is 5.16. The van der Waals surface area contributed by atoms with Gasteiger partial charge in [-0.1, -0.05) is 70.4 Å². The van der Waals surface area contributed by atoms with Gasteiger partial charge in [0.1, 0.15) is 0 Å². The molecule has 3 aliphatic rings. The second kappa shape index (κ2) is 19.3. The van der Waals surface area contributed by atoms with Crippen LogP contribution in [-0.4, -0.2) is 78.1 Å². The van der Waals surface area contributed by atoms with E-state index in [-0.39, 0.29) is 0 Å². The van der Waals surface area contributed by atoms with Gasteiger partial charge in [0.2, 0.25) is 0 Å². The number of hydrogen-bond donors (Lipinski definition) is 0. The number of rotatable bonds is 12. The maximum absolute atomic E-state index is 2.40. The molecule has 0 aliphatic carbocycles. The Labute approximate surface area is 212 Å². The molecule has 5 nitrogen and oxygen atoms in total. The van der Waals surface area contributed by atoms with Gasteiger partial charge in [-0.2, -0.15) is 0 Å². The van der Waals surface area contributed by atoms with Gasteiger partial charge >= 0.3 is 0 Å². The third kappa shape index (κ3) is 15.0. The van der Waals surface area contributed by atoms with Crippen LogP contribution in [0.15, 0.2) is 48.7 Å². The van der Waals surface area contributed by atoms with Gasteiger partial charge in [-0.3, -0.25) is 0 Å². The van der Waals surface area contributed by atoms with Gasteiger partial charge in [0.15, 0.2) is 0 Å². The Balaban J connectivity index is 0.000000274. The summed E-state index contributed by atoms with van der Waals surface area (Å²) in [5.41, 5.74) is 1.45. The van der Waals surface area contributed by atoms with Crippen LogP contribution in [0.4, 0.5) is 0 Å². The molecule has 0 aromatic heterocycles. The summed E-state index contributed by atoms with van der Waals surface area (Å²) in [6.45, 7) is 15.6. The first-order valence-corrected chi connectivity index (χ1v) is 13.8. The van der Waals surface area contributed by atoms with Crippen molar-refractivity contribution in [2.75, 3.05) is 53.6 Å². The van der Waals surface area contributed by atoms with Crippen molar-refractivity contribution in [1.82, 2.24) is 24.5 Å². The van der Waals surface area contributed by atoms with Crippen LogP contribution in [0.3, 0.4) is 0 Å². The first-order chi connectivity index (χ1) is 16.5. The van der Waals surface area contributed by atoms with Gasteiger partial charge in [0.05, 0.1) is 13.3 Å². The van der Waals surface area contributed by atoms with Gasteiger partial charge < -0.3 is 24.5 Å². The third-order valence-corrected chi connectivity index (χ3v) is 6.22. The summed E-state index contributed by atoms with van der Waals surface area (Å²) in [7, 11) is 4.20. The molecular formula is C29H55N5. The van der Waals surface area contributed by atoms with Crippen molar-refractivity contribution in [2.45, 2.75) is 85.5 Å². The summed E-state index contributed by atoms with van der Waals surface area (Å²) >= 11 is 0. The Kier molecular flexibility index (Phi) is 17.0. The molecule has 0 N–H and O–H groups in total. The molecule has 196 valence electrons. The van der Waals surface area contributed by atoms with E-state index in [4.69, 9.17) is 0 Å². The van der Waals surface area contributed by atoms with Crippen molar-refractivity contribution < 1.29 is 0 Å². The fourth-order valence-corrected chi connectivity index (χ4v) is 4.17. The third-order valence-electron chi connectivity index (χ3n) is 6.22. The number of nitrogens with zero attached hydrogens (tertiary/aromatic N) is 5. The highest BCUT2D eigenvalue weighted by Crippen LogP contribution is 2.10. The molecule has 0 aromatic rings. The summed E-state index contributed by atoms with van der Waals surface area (Å²) in [5, 5.41) is 0. The van der Waals surface area contributed by atoms with Gasteiger partial charge in [-0.05, 0) is 39.0 Å². The second-order valence-corrected chi connectivity index (χ2v) is 9.91. The number of allylic oxidation sites excluding steroid dienone is 2. The quantitative estimate of drug-likeness (QED) is 0.294. The minimum atomic E-state index is 1.05. The second-order valence-electron chi connectivity index (χ2n) is 9.91. The summed E-state index contributed by atoms with van der Waals surface area (Å²) in [4.78, 5) is 11.4. The number of hydrogen-bond acceptors (Lipinski definition) is 5. The summed E-state index contributed by atoms with van der Waals surface area (Å²) < 4.78 is 0. The van der Waals surface area contributed by atoms with E-state index >= 15 is 0 Å². The molecule has 5 heteroatoms. The van der Waals surface area contributed by atoms with E-state index in [2.05, 4.69) is 109 Å². The van der Waals surface area contributed by atoms with Gasteiger partial charge in [0.25, 0.3) is 0 Å². The fraction of sp³-hybridized carbons (Fsp3) is 0.724. The SMILES string of the molecule is CCCCCCCCCCN1C=CN(C)C1.CCCN1C=CC=C(C)C1.CCN1C=CN(C)C1. The maximum atomic E-state index is 2.40. The molecule has 3 rings (SSSR count). The van der Waals surface area contributed by atoms with Crippen molar-refractivity contribution in [3.63, 3.8) is 0 Å². The molecule has 34 heavy (non-hydrogen) atoms. The van der Waals surface area contributed by atoms with Crippen LogP contribution in [0.1, 0.15) is 85.5 Å². The lowest BCUT2D eigenvalue weighted by atomic mass is 10.1. The molecule has 0 atom stereocenters. The molecule has 0 amide bonds. The topological polar surface area (TPSA) is 16.2 Å². The van der Waals surface area contributed by atoms with Crippen LogP contribution in [0.25, 0.3) is 0 Å². The molecule has 0 aromatic carbocycles. The zero-order chi connectivity index (χ0) is 25.0. The summed E-state index contributed by atoms with van der Waals surface area (Å²) in [5.74, 6) is 0. The van der Waals surface area contributed by atoms with E-state index in [1.54, 1.807) is 0 Å².